The molecule has 0 atom stereocenters. The Kier molecular flexibility index (Phi) is 7.07. The van der Waals surface area contributed by atoms with Crippen LogP contribution in [-0.4, -0.2) is 41.4 Å². The van der Waals surface area contributed by atoms with E-state index in [-0.39, 0.29) is 5.91 Å². The highest BCUT2D eigenvalue weighted by Crippen LogP contribution is 2.35. The van der Waals surface area contributed by atoms with E-state index in [1.54, 1.807) is 23.5 Å². The highest BCUT2D eigenvalue weighted by atomic mass is 32.2. The van der Waals surface area contributed by atoms with Gasteiger partial charge in [0, 0.05) is 41.5 Å². The molecule has 2 heterocycles. The largest absolute Gasteiger partial charge is 0.486 e. The highest BCUT2D eigenvalue weighted by molar-refractivity contribution is 7.99. The summed E-state index contributed by atoms with van der Waals surface area (Å²) in [5, 5.41) is 0. The number of hydrogen-bond acceptors (Lipinski definition) is 6. The van der Waals surface area contributed by atoms with Crippen molar-refractivity contribution in [3.05, 3.63) is 46.8 Å². The predicted octanol–water partition coefficient (Wildman–Crippen LogP) is 4.76. The average molecular weight is 461 g/mol. The van der Waals surface area contributed by atoms with Crippen LogP contribution < -0.4 is 14.3 Å². The quantitative estimate of drug-likeness (QED) is 0.476. The van der Waals surface area contributed by atoms with E-state index < -0.39 is 0 Å². The average Bonchev–Trinajstić information content (AvgIpc) is 3.07. The summed E-state index contributed by atoms with van der Waals surface area (Å²) in [6.07, 6.45) is 2.50. The molecule has 0 saturated heterocycles. The van der Waals surface area contributed by atoms with Crippen molar-refractivity contribution in [2.75, 3.05) is 31.0 Å². The monoisotopic (exact) mass is 460 g/mol. The first-order valence-corrected chi connectivity index (χ1v) is 13.0. The van der Waals surface area contributed by atoms with Crippen molar-refractivity contribution in [1.29, 1.82) is 0 Å². The Balaban J connectivity index is 1.55. The normalized spacial score (nSPS) is 13.7. The molecule has 0 fully saturated rings. The first-order chi connectivity index (χ1) is 14.6. The molecule has 0 bridgehead atoms. The zero-order valence-corrected chi connectivity index (χ0v) is 19.5. The van der Waals surface area contributed by atoms with Crippen LogP contribution in [0.2, 0.25) is 0 Å². The first-order valence-electron chi connectivity index (χ1n) is 9.83. The maximum absolute atomic E-state index is 12.6. The smallest absolute Gasteiger partial charge is 0.249 e. The molecule has 1 aromatic heterocycles. The van der Waals surface area contributed by atoms with Gasteiger partial charge in [-0.25, -0.2) is 0 Å². The molecular formula is C22H24N2O3S3. The van der Waals surface area contributed by atoms with Crippen molar-refractivity contribution in [2.24, 2.45) is 4.99 Å². The van der Waals surface area contributed by atoms with Crippen LogP contribution >= 0.6 is 34.9 Å². The van der Waals surface area contributed by atoms with E-state index in [1.165, 1.54) is 21.8 Å². The lowest BCUT2D eigenvalue weighted by Crippen LogP contribution is -2.19. The number of carbonyl (C=O) groups is 1. The summed E-state index contributed by atoms with van der Waals surface area (Å²) in [4.78, 5) is 19.0. The molecule has 0 radical (unpaired) electrons. The van der Waals surface area contributed by atoms with Gasteiger partial charge < -0.3 is 14.0 Å². The lowest BCUT2D eigenvalue weighted by molar-refractivity contribution is -0.117. The van der Waals surface area contributed by atoms with Crippen molar-refractivity contribution in [3.63, 3.8) is 0 Å². The third-order valence-electron chi connectivity index (χ3n) is 4.69. The number of thioether (sulfide) groups is 2. The van der Waals surface area contributed by atoms with E-state index >= 15 is 0 Å². The minimum absolute atomic E-state index is 0.0867. The van der Waals surface area contributed by atoms with Crippen LogP contribution in [0, 0.1) is 6.92 Å². The van der Waals surface area contributed by atoms with E-state index in [4.69, 9.17) is 9.47 Å². The fourth-order valence-corrected chi connectivity index (χ4v) is 5.43. The van der Waals surface area contributed by atoms with Gasteiger partial charge in [-0.3, -0.25) is 4.79 Å². The molecule has 5 nitrogen and oxygen atoms in total. The lowest BCUT2D eigenvalue weighted by Gasteiger charge is -2.18. The Morgan fingerprint density at radius 2 is 1.87 bits per heavy atom. The maximum atomic E-state index is 12.6. The third-order valence-corrected chi connectivity index (χ3v) is 7.34. The fraction of sp³-hybridized carbons (Fsp3) is 0.364. The molecule has 1 amide bonds. The molecule has 2 aromatic carbocycles. The number of carbonyl (C=O) groups excluding carboxylic acids is 1. The standard InChI is InChI=1S/C22H24N2O3S3/c1-15-3-5-16(6-4-15)29-11-7-21(25)23-22-24(8-12-28-2)17-13-18-19(14-20(17)30-22)27-10-9-26-18/h3-6,13-14H,7-12H2,1-2H3. The summed E-state index contributed by atoms with van der Waals surface area (Å²) in [6.45, 7) is 3.99. The van der Waals surface area contributed by atoms with Gasteiger partial charge in [-0.05, 0) is 25.3 Å². The summed E-state index contributed by atoms with van der Waals surface area (Å²) in [5.74, 6) is 3.11. The molecule has 0 saturated carbocycles. The van der Waals surface area contributed by atoms with Crippen LogP contribution in [0.25, 0.3) is 10.2 Å². The van der Waals surface area contributed by atoms with E-state index in [9.17, 15) is 4.79 Å². The first kappa shape index (κ1) is 21.3. The van der Waals surface area contributed by atoms with Gasteiger partial charge in [-0.15, -0.1) is 11.8 Å². The topological polar surface area (TPSA) is 52.8 Å². The third kappa shape index (κ3) is 5.04. The number of rotatable bonds is 7. The van der Waals surface area contributed by atoms with Crippen molar-refractivity contribution < 1.29 is 14.3 Å². The van der Waals surface area contributed by atoms with Gasteiger partial charge in [0.2, 0.25) is 5.91 Å². The molecule has 0 unspecified atom stereocenters. The molecule has 3 aromatic rings. The van der Waals surface area contributed by atoms with Crippen LogP contribution in [0.5, 0.6) is 11.5 Å². The Morgan fingerprint density at radius 1 is 1.13 bits per heavy atom. The van der Waals surface area contributed by atoms with Crippen molar-refractivity contribution in [3.8, 4) is 11.5 Å². The van der Waals surface area contributed by atoms with E-state index in [2.05, 4.69) is 47.0 Å². The second-order valence-corrected chi connectivity index (χ2v) is 10.1. The number of thiazole rings is 1. The number of aromatic nitrogens is 1. The van der Waals surface area contributed by atoms with Crippen molar-refractivity contribution in [2.45, 2.75) is 24.8 Å². The molecule has 1 aliphatic heterocycles. The zero-order chi connectivity index (χ0) is 20.9. The van der Waals surface area contributed by atoms with Gasteiger partial charge in [-0.2, -0.15) is 16.8 Å². The molecule has 30 heavy (non-hydrogen) atoms. The van der Waals surface area contributed by atoms with Gasteiger partial charge in [0.15, 0.2) is 16.3 Å². The van der Waals surface area contributed by atoms with Crippen molar-refractivity contribution >= 4 is 51.0 Å². The van der Waals surface area contributed by atoms with E-state index in [0.29, 0.717) is 19.6 Å². The molecular weight excluding hydrogens is 436 g/mol. The second-order valence-electron chi connectivity index (χ2n) is 6.91. The van der Waals surface area contributed by atoms with Gasteiger partial charge >= 0.3 is 0 Å². The Morgan fingerprint density at radius 3 is 2.60 bits per heavy atom. The van der Waals surface area contributed by atoms with Crippen LogP contribution in [0.4, 0.5) is 0 Å². The van der Waals surface area contributed by atoms with Crippen LogP contribution in [0.1, 0.15) is 12.0 Å². The number of ether oxygens (including phenoxy) is 2. The fourth-order valence-electron chi connectivity index (χ4n) is 3.14. The molecule has 1 aliphatic rings. The van der Waals surface area contributed by atoms with Gasteiger partial charge in [0.1, 0.15) is 13.2 Å². The molecule has 158 valence electrons. The number of amides is 1. The summed E-state index contributed by atoms with van der Waals surface area (Å²) >= 11 is 4.99. The van der Waals surface area contributed by atoms with Gasteiger partial charge in [-0.1, -0.05) is 29.0 Å². The molecule has 4 rings (SSSR count). The number of nitrogens with zero attached hydrogens (tertiary/aromatic N) is 2. The second kappa shape index (κ2) is 9.94. The van der Waals surface area contributed by atoms with E-state index in [0.717, 1.165) is 44.6 Å². The number of hydrogen-bond donors (Lipinski definition) is 0. The van der Waals surface area contributed by atoms with E-state index in [1.807, 2.05) is 12.1 Å². The van der Waals surface area contributed by atoms with Crippen LogP contribution in [-0.2, 0) is 11.3 Å². The Bertz CT molecular complexity index is 1100. The molecule has 0 aliphatic carbocycles. The summed E-state index contributed by atoms with van der Waals surface area (Å²) in [5.41, 5.74) is 2.28. The Hall–Kier alpha value is -1.90. The molecule has 8 heteroatoms. The minimum atomic E-state index is -0.0867. The number of fused-ring (bicyclic) bond motifs is 2. The predicted molar refractivity (Wildman–Crippen MR) is 126 cm³/mol. The van der Waals surface area contributed by atoms with Crippen molar-refractivity contribution in [1.82, 2.24) is 4.57 Å². The van der Waals surface area contributed by atoms with Crippen LogP contribution in [0.15, 0.2) is 46.3 Å². The van der Waals surface area contributed by atoms with Gasteiger partial charge in [0.05, 0.1) is 10.2 Å². The highest BCUT2D eigenvalue weighted by Gasteiger charge is 2.16. The summed E-state index contributed by atoms with van der Waals surface area (Å²) in [7, 11) is 0. The molecule has 0 N–H and O–H groups in total. The lowest BCUT2D eigenvalue weighted by atomic mass is 10.2. The Labute approximate surface area is 188 Å². The number of aryl methyl sites for hydroxylation is 2. The SMILES string of the molecule is CSCCn1c(=NC(=O)CCSc2ccc(C)cc2)sc2cc3c(cc21)OCCO3. The van der Waals surface area contributed by atoms with Crippen LogP contribution in [0.3, 0.4) is 0 Å². The van der Waals surface area contributed by atoms with Gasteiger partial charge in [0.25, 0.3) is 0 Å². The molecule has 0 spiro atoms. The number of benzene rings is 2. The summed E-state index contributed by atoms with van der Waals surface area (Å²) in [6, 6.07) is 12.4. The zero-order valence-electron chi connectivity index (χ0n) is 17.1. The summed E-state index contributed by atoms with van der Waals surface area (Å²) < 4.78 is 14.6. The maximum Gasteiger partial charge on any atom is 0.249 e. The minimum Gasteiger partial charge on any atom is -0.486 e.